The highest BCUT2D eigenvalue weighted by Crippen LogP contribution is 2.14. The first-order chi connectivity index (χ1) is 9.61. The molecule has 6 nitrogen and oxygen atoms in total. The van der Waals surface area contributed by atoms with Crippen molar-refractivity contribution in [3.05, 3.63) is 53.9 Å². The summed E-state index contributed by atoms with van der Waals surface area (Å²) in [5.74, 6) is -0.964. The molecule has 2 amide bonds. The second kappa shape index (κ2) is 5.83. The molecule has 20 heavy (non-hydrogen) atoms. The van der Waals surface area contributed by atoms with Crippen LogP contribution in [0.25, 0.3) is 0 Å². The van der Waals surface area contributed by atoms with E-state index in [1.165, 1.54) is 10.6 Å². The van der Waals surface area contributed by atoms with E-state index in [1.54, 1.807) is 36.5 Å². The highest BCUT2D eigenvalue weighted by Gasteiger charge is 2.11. The van der Waals surface area contributed by atoms with Gasteiger partial charge in [-0.2, -0.15) is 0 Å². The molecule has 2 rings (SSSR count). The van der Waals surface area contributed by atoms with Gasteiger partial charge in [-0.05, 0) is 24.3 Å². The van der Waals surface area contributed by atoms with Gasteiger partial charge in [0.2, 0.25) is 5.91 Å². The van der Waals surface area contributed by atoms with E-state index in [4.69, 9.17) is 5.73 Å². The summed E-state index contributed by atoms with van der Waals surface area (Å²) < 4.78 is 1.51. The molecule has 0 atom stereocenters. The van der Waals surface area contributed by atoms with Crippen LogP contribution in [0.1, 0.15) is 20.8 Å². The quantitative estimate of drug-likeness (QED) is 0.795. The van der Waals surface area contributed by atoms with Crippen LogP contribution in [0, 0.1) is 0 Å². The Balaban J connectivity index is 2.13. The Kier molecular flexibility index (Phi) is 3.95. The monoisotopic (exact) mass is 271 g/mol. The summed E-state index contributed by atoms with van der Waals surface area (Å²) in [4.78, 5) is 33.9. The molecule has 0 unspecified atom stereocenters. The molecule has 0 aliphatic heterocycles. The molecule has 1 aromatic heterocycles. The Morgan fingerprint density at radius 1 is 1.20 bits per heavy atom. The van der Waals surface area contributed by atoms with E-state index in [0.29, 0.717) is 17.7 Å². The molecular weight excluding hydrogens is 258 g/mol. The zero-order valence-corrected chi connectivity index (χ0v) is 10.6. The number of hydrogen-bond donors (Lipinski definition) is 2. The topological polar surface area (TPSA) is 94.2 Å². The van der Waals surface area contributed by atoms with Crippen LogP contribution in [0.3, 0.4) is 0 Å². The van der Waals surface area contributed by atoms with Gasteiger partial charge >= 0.3 is 0 Å². The molecule has 0 spiro atoms. The van der Waals surface area contributed by atoms with Crippen molar-refractivity contribution in [3.63, 3.8) is 0 Å². The zero-order valence-electron chi connectivity index (χ0n) is 10.6. The molecule has 1 heterocycles. The van der Waals surface area contributed by atoms with E-state index < -0.39 is 5.91 Å². The lowest BCUT2D eigenvalue weighted by molar-refractivity contribution is -0.116. The number of primary amides is 1. The van der Waals surface area contributed by atoms with E-state index in [9.17, 15) is 14.4 Å². The zero-order chi connectivity index (χ0) is 14.5. The van der Waals surface area contributed by atoms with E-state index in [0.717, 1.165) is 0 Å². The Hall–Kier alpha value is -2.89. The number of benzene rings is 1. The van der Waals surface area contributed by atoms with Gasteiger partial charge in [0, 0.05) is 6.20 Å². The van der Waals surface area contributed by atoms with Crippen LogP contribution in [0.5, 0.6) is 0 Å². The maximum Gasteiger partial charge on any atom is 0.250 e. The molecule has 3 N–H and O–H groups in total. The van der Waals surface area contributed by atoms with Gasteiger partial charge in [-0.3, -0.25) is 14.4 Å². The molecule has 0 radical (unpaired) electrons. The molecule has 0 aliphatic rings. The fraction of sp³-hybridized carbons (Fsp3) is 0.0714. The lowest BCUT2D eigenvalue weighted by Gasteiger charge is -2.10. The summed E-state index contributed by atoms with van der Waals surface area (Å²) in [7, 11) is 0. The van der Waals surface area contributed by atoms with Crippen molar-refractivity contribution >= 4 is 23.8 Å². The predicted octanol–water partition coefficient (Wildman–Crippen LogP) is 1.04. The largest absolute Gasteiger partial charge is 0.366 e. The van der Waals surface area contributed by atoms with E-state index in [-0.39, 0.29) is 18.0 Å². The lowest BCUT2D eigenvalue weighted by Crippen LogP contribution is -2.22. The van der Waals surface area contributed by atoms with Crippen molar-refractivity contribution in [3.8, 4) is 0 Å². The molecule has 0 aliphatic carbocycles. The van der Waals surface area contributed by atoms with Crippen molar-refractivity contribution in [2.75, 3.05) is 5.32 Å². The average molecular weight is 271 g/mol. The van der Waals surface area contributed by atoms with Gasteiger partial charge < -0.3 is 15.6 Å². The van der Waals surface area contributed by atoms with Crippen LogP contribution in [-0.4, -0.2) is 22.7 Å². The molecule has 2 aromatic rings. The Labute approximate surface area is 115 Å². The van der Waals surface area contributed by atoms with Gasteiger partial charge in [0.05, 0.1) is 16.9 Å². The highest BCUT2D eigenvalue weighted by molar-refractivity contribution is 6.03. The molecule has 6 heteroatoms. The second-order valence-corrected chi connectivity index (χ2v) is 4.14. The minimum absolute atomic E-state index is 0.0197. The maximum atomic E-state index is 11.9. The predicted molar refractivity (Wildman–Crippen MR) is 73.4 cm³/mol. The number of nitrogens with zero attached hydrogens (tertiary/aromatic N) is 1. The van der Waals surface area contributed by atoms with Gasteiger partial charge in [0.15, 0.2) is 6.29 Å². The summed E-state index contributed by atoms with van der Waals surface area (Å²) in [6.07, 6.45) is 2.30. The molecular formula is C14H13N3O3. The van der Waals surface area contributed by atoms with Gasteiger partial charge in [-0.1, -0.05) is 12.1 Å². The molecule has 0 bridgehead atoms. The van der Waals surface area contributed by atoms with E-state index >= 15 is 0 Å². The SMILES string of the molecule is NC(=O)c1ccccc1NC(=O)Cn1cccc1C=O. The highest BCUT2D eigenvalue weighted by atomic mass is 16.2. The molecule has 0 saturated carbocycles. The first-order valence-electron chi connectivity index (χ1n) is 5.91. The van der Waals surface area contributed by atoms with E-state index in [1.807, 2.05) is 0 Å². The summed E-state index contributed by atoms with van der Waals surface area (Å²) in [6.45, 7) is -0.0197. The number of carbonyl (C=O) groups is 3. The Bertz CT molecular complexity index is 661. The number of nitrogens with two attached hydrogens (primary N) is 1. The summed E-state index contributed by atoms with van der Waals surface area (Å²) >= 11 is 0. The number of carbonyl (C=O) groups excluding carboxylic acids is 3. The molecule has 102 valence electrons. The first-order valence-corrected chi connectivity index (χ1v) is 5.91. The summed E-state index contributed by atoms with van der Waals surface area (Å²) in [5.41, 5.74) is 6.23. The minimum Gasteiger partial charge on any atom is -0.366 e. The van der Waals surface area contributed by atoms with Crippen LogP contribution in [0.4, 0.5) is 5.69 Å². The molecule has 1 aromatic carbocycles. The number of aromatic nitrogens is 1. The van der Waals surface area contributed by atoms with Crippen molar-refractivity contribution in [1.82, 2.24) is 4.57 Å². The minimum atomic E-state index is -0.615. The smallest absolute Gasteiger partial charge is 0.250 e. The van der Waals surface area contributed by atoms with Crippen molar-refractivity contribution < 1.29 is 14.4 Å². The fourth-order valence-electron chi connectivity index (χ4n) is 1.83. The number of nitrogens with one attached hydrogen (secondary N) is 1. The number of rotatable bonds is 5. The fourth-order valence-corrected chi connectivity index (χ4v) is 1.83. The van der Waals surface area contributed by atoms with E-state index in [2.05, 4.69) is 5.32 Å². The maximum absolute atomic E-state index is 11.9. The summed E-state index contributed by atoms with van der Waals surface area (Å²) in [6, 6.07) is 9.76. The van der Waals surface area contributed by atoms with Crippen LogP contribution >= 0.6 is 0 Å². The van der Waals surface area contributed by atoms with Crippen molar-refractivity contribution in [2.45, 2.75) is 6.54 Å². The number of anilines is 1. The first kappa shape index (κ1) is 13.5. The molecule has 0 fully saturated rings. The Morgan fingerprint density at radius 3 is 2.65 bits per heavy atom. The van der Waals surface area contributed by atoms with Gasteiger partial charge in [0.1, 0.15) is 6.54 Å². The summed E-state index contributed by atoms with van der Waals surface area (Å²) in [5, 5.41) is 2.60. The van der Waals surface area contributed by atoms with Gasteiger partial charge in [-0.15, -0.1) is 0 Å². The number of aldehydes is 1. The normalized spacial score (nSPS) is 10.0. The van der Waals surface area contributed by atoms with Gasteiger partial charge in [0.25, 0.3) is 5.91 Å². The standard InChI is InChI=1S/C14H13N3O3/c15-14(20)11-5-1-2-6-12(11)16-13(19)8-17-7-3-4-10(17)9-18/h1-7,9H,8H2,(H2,15,20)(H,16,19). The number of amides is 2. The second-order valence-electron chi connectivity index (χ2n) is 4.14. The van der Waals surface area contributed by atoms with Crippen LogP contribution in [-0.2, 0) is 11.3 Å². The van der Waals surface area contributed by atoms with Crippen LogP contribution < -0.4 is 11.1 Å². The third-order valence-electron chi connectivity index (χ3n) is 2.77. The lowest BCUT2D eigenvalue weighted by atomic mass is 10.1. The molecule has 0 saturated heterocycles. The van der Waals surface area contributed by atoms with Crippen LogP contribution in [0.2, 0.25) is 0 Å². The Morgan fingerprint density at radius 2 is 1.95 bits per heavy atom. The van der Waals surface area contributed by atoms with Crippen molar-refractivity contribution in [2.24, 2.45) is 5.73 Å². The number of para-hydroxylation sites is 1. The van der Waals surface area contributed by atoms with Crippen LogP contribution in [0.15, 0.2) is 42.6 Å². The van der Waals surface area contributed by atoms with Crippen molar-refractivity contribution in [1.29, 1.82) is 0 Å². The van der Waals surface area contributed by atoms with Gasteiger partial charge in [-0.25, -0.2) is 0 Å². The third-order valence-corrected chi connectivity index (χ3v) is 2.77. The number of hydrogen-bond acceptors (Lipinski definition) is 3. The third kappa shape index (κ3) is 2.92. The average Bonchev–Trinajstić information content (AvgIpc) is 2.86.